The first-order valence-electron chi connectivity index (χ1n) is 7.46. The van der Waals surface area contributed by atoms with E-state index in [2.05, 4.69) is 86.9 Å². The Morgan fingerprint density at radius 3 is 2.71 bits per heavy atom. The van der Waals surface area contributed by atoms with Crippen LogP contribution in [0.3, 0.4) is 0 Å². The Hall–Kier alpha value is -0.610. The fraction of sp³-hybridized carbons (Fsp3) is 0.471. The van der Waals surface area contributed by atoms with Gasteiger partial charge >= 0.3 is 0 Å². The fourth-order valence-electron chi connectivity index (χ4n) is 2.39. The molecule has 0 amide bonds. The number of halogens is 2. The van der Waals surface area contributed by atoms with E-state index in [1.807, 2.05) is 0 Å². The van der Waals surface area contributed by atoms with Gasteiger partial charge in [0, 0.05) is 22.0 Å². The van der Waals surface area contributed by atoms with Crippen LogP contribution in [0.2, 0.25) is 0 Å². The van der Waals surface area contributed by atoms with Gasteiger partial charge in [-0.2, -0.15) is 5.10 Å². The van der Waals surface area contributed by atoms with Crippen molar-refractivity contribution in [2.75, 3.05) is 5.33 Å². The van der Waals surface area contributed by atoms with Crippen LogP contribution >= 0.6 is 31.9 Å². The maximum Gasteiger partial charge on any atom is 0.0627 e. The van der Waals surface area contributed by atoms with Crippen molar-refractivity contribution < 1.29 is 0 Å². The summed E-state index contributed by atoms with van der Waals surface area (Å²) < 4.78 is 3.23. The average Bonchev–Trinajstić information content (AvgIpc) is 2.94. The molecule has 2 unspecified atom stereocenters. The third kappa shape index (κ3) is 4.96. The third-order valence-electron chi connectivity index (χ3n) is 3.84. The molecular weight excluding hydrogens is 392 g/mol. The van der Waals surface area contributed by atoms with Crippen LogP contribution in [0.25, 0.3) is 0 Å². The first kappa shape index (κ1) is 16.8. The van der Waals surface area contributed by atoms with Crippen LogP contribution in [0.4, 0.5) is 0 Å². The topological polar surface area (TPSA) is 17.8 Å². The van der Waals surface area contributed by atoms with E-state index in [9.17, 15) is 0 Å². The molecule has 0 saturated carbocycles. The Morgan fingerprint density at radius 2 is 2.05 bits per heavy atom. The van der Waals surface area contributed by atoms with Gasteiger partial charge in [0.05, 0.1) is 5.69 Å². The van der Waals surface area contributed by atoms with Crippen molar-refractivity contribution in [2.45, 2.75) is 39.2 Å². The van der Waals surface area contributed by atoms with Crippen LogP contribution in [-0.4, -0.2) is 15.1 Å². The highest BCUT2D eigenvalue weighted by atomic mass is 79.9. The second-order valence-corrected chi connectivity index (χ2v) is 7.17. The highest BCUT2D eigenvalue weighted by molar-refractivity contribution is 9.10. The highest BCUT2D eigenvalue weighted by Crippen LogP contribution is 2.20. The first-order chi connectivity index (χ1) is 10.1. The van der Waals surface area contributed by atoms with E-state index in [-0.39, 0.29) is 0 Å². The van der Waals surface area contributed by atoms with Gasteiger partial charge in [-0.25, -0.2) is 0 Å². The first-order valence-corrected chi connectivity index (χ1v) is 9.38. The smallest absolute Gasteiger partial charge is 0.0627 e. The van der Waals surface area contributed by atoms with E-state index >= 15 is 0 Å². The lowest BCUT2D eigenvalue weighted by atomic mass is 9.97. The van der Waals surface area contributed by atoms with Crippen LogP contribution in [0.15, 0.2) is 41.0 Å². The number of hydrogen-bond donors (Lipinski definition) is 0. The lowest BCUT2D eigenvalue weighted by Gasteiger charge is -2.13. The van der Waals surface area contributed by atoms with Crippen LogP contribution < -0.4 is 0 Å². The Labute approximate surface area is 144 Å². The minimum Gasteiger partial charge on any atom is -0.270 e. The minimum atomic E-state index is 0.478. The highest BCUT2D eigenvalue weighted by Gasteiger charge is 2.13. The molecule has 0 saturated heterocycles. The van der Waals surface area contributed by atoms with Crippen molar-refractivity contribution in [3.8, 4) is 0 Å². The fourth-order valence-corrected chi connectivity index (χ4v) is 3.30. The molecule has 0 bridgehead atoms. The summed E-state index contributed by atoms with van der Waals surface area (Å²) in [6.07, 6.45) is 5.30. The summed E-state index contributed by atoms with van der Waals surface area (Å²) in [5.41, 5.74) is 2.56. The molecule has 1 aromatic carbocycles. The van der Waals surface area contributed by atoms with Crippen LogP contribution in [-0.2, 0) is 12.8 Å². The molecule has 0 N–H and O–H groups in total. The quantitative estimate of drug-likeness (QED) is 0.554. The van der Waals surface area contributed by atoms with Gasteiger partial charge in [0.2, 0.25) is 0 Å². The minimum absolute atomic E-state index is 0.478. The van der Waals surface area contributed by atoms with Crippen LogP contribution in [0.1, 0.15) is 37.6 Å². The van der Waals surface area contributed by atoms with Crippen molar-refractivity contribution in [1.29, 1.82) is 0 Å². The Kier molecular flexibility index (Phi) is 6.49. The zero-order chi connectivity index (χ0) is 15.2. The van der Waals surface area contributed by atoms with Crippen molar-refractivity contribution in [2.24, 2.45) is 5.92 Å². The van der Waals surface area contributed by atoms with E-state index in [1.165, 1.54) is 11.3 Å². The largest absolute Gasteiger partial charge is 0.270 e. The standard InChI is InChI=1S/C17H22Br2N2/c1-3-13(2)21-8-7-17(20-21)11-15(12-18)9-14-5-4-6-16(19)10-14/h4-8,10,13,15H,3,9,11-12H2,1-2H3. The van der Waals surface area contributed by atoms with Gasteiger partial charge in [-0.3, -0.25) is 4.68 Å². The summed E-state index contributed by atoms with van der Waals surface area (Å²) in [6.45, 7) is 4.40. The monoisotopic (exact) mass is 412 g/mol. The summed E-state index contributed by atoms with van der Waals surface area (Å²) in [6, 6.07) is 11.2. The number of nitrogens with zero attached hydrogens (tertiary/aromatic N) is 2. The summed E-state index contributed by atoms with van der Waals surface area (Å²) in [4.78, 5) is 0. The molecular formula is C17H22Br2N2. The molecule has 0 aliphatic carbocycles. The number of benzene rings is 1. The molecule has 0 aliphatic heterocycles. The molecule has 0 aliphatic rings. The van der Waals surface area contributed by atoms with Gasteiger partial charge in [0.25, 0.3) is 0 Å². The lowest BCUT2D eigenvalue weighted by Crippen LogP contribution is -2.11. The van der Waals surface area contributed by atoms with Crippen molar-refractivity contribution in [1.82, 2.24) is 9.78 Å². The van der Waals surface area contributed by atoms with Gasteiger partial charge < -0.3 is 0 Å². The van der Waals surface area contributed by atoms with E-state index in [1.54, 1.807) is 0 Å². The molecule has 2 rings (SSSR count). The number of rotatable bonds is 7. The van der Waals surface area contributed by atoms with Gasteiger partial charge in [-0.05, 0) is 55.9 Å². The Morgan fingerprint density at radius 1 is 1.24 bits per heavy atom. The molecule has 2 nitrogen and oxygen atoms in total. The van der Waals surface area contributed by atoms with E-state index in [0.29, 0.717) is 12.0 Å². The number of aromatic nitrogens is 2. The maximum absolute atomic E-state index is 4.71. The van der Waals surface area contributed by atoms with Gasteiger partial charge in [-0.1, -0.05) is 50.9 Å². The van der Waals surface area contributed by atoms with Crippen molar-refractivity contribution in [3.63, 3.8) is 0 Å². The number of hydrogen-bond acceptors (Lipinski definition) is 1. The normalized spacial score (nSPS) is 14.1. The second kappa shape index (κ2) is 8.14. The van der Waals surface area contributed by atoms with Crippen LogP contribution in [0.5, 0.6) is 0 Å². The van der Waals surface area contributed by atoms with Crippen molar-refractivity contribution >= 4 is 31.9 Å². The lowest BCUT2D eigenvalue weighted by molar-refractivity contribution is 0.468. The maximum atomic E-state index is 4.71. The molecule has 2 atom stereocenters. The van der Waals surface area contributed by atoms with E-state index in [0.717, 1.165) is 29.1 Å². The zero-order valence-electron chi connectivity index (χ0n) is 12.6. The van der Waals surface area contributed by atoms with Gasteiger partial charge in [0.15, 0.2) is 0 Å². The third-order valence-corrected chi connectivity index (χ3v) is 5.24. The van der Waals surface area contributed by atoms with Gasteiger partial charge in [-0.15, -0.1) is 0 Å². The average molecular weight is 414 g/mol. The predicted molar refractivity (Wildman–Crippen MR) is 96.1 cm³/mol. The van der Waals surface area contributed by atoms with E-state index in [4.69, 9.17) is 5.10 Å². The summed E-state index contributed by atoms with van der Waals surface area (Å²) in [5, 5.41) is 5.71. The SMILES string of the molecule is CCC(C)n1ccc(CC(CBr)Cc2cccc(Br)c2)n1. The van der Waals surface area contributed by atoms with Crippen LogP contribution in [0, 0.1) is 5.92 Å². The molecule has 4 heteroatoms. The van der Waals surface area contributed by atoms with Gasteiger partial charge in [0.1, 0.15) is 0 Å². The molecule has 0 radical (unpaired) electrons. The summed E-state index contributed by atoms with van der Waals surface area (Å²) >= 11 is 7.19. The molecule has 1 heterocycles. The molecule has 0 fully saturated rings. The van der Waals surface area contributed by atoms with E-state index < -0.39 is 0 Å². The molecule has 114 valence electrons. The Bertz CT molecular complexity index is 565. The molecule has 21 heavy (non-hydrogen) atoms. The second-order valence-electron chi connectivity index (χ2n) is 5.60. The number of alkyl halides is 1. The molecule has 0 spiro atoms. The molecule has 2 aromatic rings. The molecule has 1 aromatic heterocycles. The zero-order valence-corrected chi connectivity index (χ0v) is 15.8. The Balaban J connectivity index is 2.00. The summed E-state index contributed by atoms with van der Waals surface area (Å²) in [7, 11) is 0. The summed E-state index contributed by atoms with van der Waals surface area (Å²) in [5.74, 6) is 0.569. The predicted octanol–water partition coefficient (Wildman–Crippen LogP) is 5.41. The van der Waals surface area contributed by atoms with Crippen molar-refractivity contribution in [3.05, 3.63) is 52.3 Å².